The second kappa shape index (κ2) is 9.22. The van der Waals surface area contributed by atoms with E-state index in [1.165, 1.54) is 26.8 Å². The highest BCUT2D eigenvalue weighted by molar-refractivity contribution is 5.98. The molecule has 11 nitrogen and oxygen atoms in total. The lowest BCUT2D eigenvalue weighted by Crippen LogP contribution is -2.75. The van der Waals surface area contributed by atoms with Crippen molar-refractivity contribution in [2.75, 3.05) is 6.61 Å². The van der Waals surface area contributed by atoms with Crippen LogP contribution in [0.4, 0.5) is 0 Å². The lowest BCUT2D eigenvalue weighted by atomic mass is 9.42. The predicted molar refractivity (Wildman–Crippen MR) is 148 cm³/mol. The first-order valence-electron chi connectivity index (χ1n) is 15.2. The number of esters is 3. The molecule has 11 heteroatoms. The SMILES string of the molecule is CC(=O)OC[C@]12CC[C@H]3[C@@H](C[C@H]4O[C@]45[C@H](OC(C)=O)C=CC(=O)[C@]35C)[C@]1(O)CC[C@@]2(O)[C@@](C)(O)C1CC(C)=C(C)C(=O)O1. The zero-order valence-corrected chi connectivity index (χ0v) is 25.6. The Labute approximate surface area is 250 Å². The van der Waals surface area contributed by atoms with Gasteiger partial charge < -0.3 is 34.3 Å². The number of hydrogen-bond acceptors (Lipinski definition) is 11. The first-order chi connectivity index (χ1) is 19.9. The maximum Gasteiger partial charge on any atom is 0.334 e. The summed E-state index contributed by atoms with van der Waals surface area (Å²) in [6, 6.07) is 0. The van der Waals surface area contributed by atoms with Crippen LogP contribution in [0.2, 0.25) is 0 Å². The van der Waals surface area contributed by atoms with E-state index in [2.05, 4.69) is 0 Å². The maximum atomic E-state index is 13.7. The molecule has 3 N–H and O–H groups in total. The standard InChI is InChI=1S/C32H42O11/c1-16-13-24(42-26(36)17(16)2)28(6,37)31(39)12-11-30(38)21-14-25-32(43-25)23(41-19(4)34)8-7-22(35)27(32,5)20(21)9-10-29(30,31)15-40-18(3)33/h7-8,20-21,23-25,37-39H,9-15H2,1-6H3/t20-,21+,23+,24?,25+,27-,28-,29+,30+,31+,32+/m0/s1. The van der Waals surface area contributed by atoms with E-state index in [0.29, 0.717) is 18.4 Å². The minimum absolute atomic E-state index is 0.0454. The van der Waals surface area contributed by atoms with Crippen molar-refractivity contribution in [2.45, 2.75) is 121 Å². The van der Waals surface area contributed by atoms with Gasteiger partial charge in [-0.15, -0.1) is 0 Å². The van der Waals surface area contributed by atoms with Crippen LogP contribution in [0.25, 0.3) is 0 Å². The Hall–Kier alpha value is -2.60. The van der Waals surface area contributed by atoms with Gasteiger partial charge >= 0.3 is 17.9 Å². The molecule has 2 aliphatic heterocycles. The highest BCUT2D eigenvalue weighted by Gasteiger charge is 2.85. The van der Waals surface area contributed by atoms with Crippen molar-refractivity contribution in [1.82, 2.24) is 0 Å². The molecule has 0 bridgehead atoms. The number of carbonyl (C=O) groups is 4. The molecule has 0 aromatic carbocycles. The topological polar surface area (TPSA) is 169 Å². The van der Waals surface area contributed by atoms with Crippen LogP contribution < -0.4 is 0 Å². The predicted octanol–water partition coefficient (Wildman–Crippen LogP) is 1.84. The smallest absolute Gasteiger partial charge is 0.334 e. The molecule has 2 heterocycles. The fourth-order valence-corrected chi connectivity index (χ4v) is 10.0. The Kier molecular flexibility index (Phi) is 6.52. The second-order valence-electron chi connectivity index (χ2n) is 14.1. The van der Waals surface area contributed by atoms with Crippen LogP contribution in [0.1, 0.15) is 80.1 Å². The molecule has 1 saturated heterocycles. The van der Waals surface area contributed by atoms with E-state index in [0.717, 1.165) is 5.57 Å². The number of ether oxygens (including phenoxy) is 4. The molecular formula is C32H42O11. The van der Waals surface area contributed by atoms with Gasteiger partial charge in [0.25, 0.3) is 0 Å². The van der Waals surface area contributed by atoms with Gasteiger partial charge in [-0.05, 0) is 83.8 Å². The quantitative estimate of drug-likeness (QED) is 0.238. The van der Waals surface area contributed by atoms with Crippen LogP contribution in [0, 0.1) is 22.7 Å². The van der Waals surface area contributed by atoms with E-state index >= 15 is 0 Å². The van der Waals surface area contributed by atoms with E-state index in [4.69, 9.17) is 18.9 Å². The second-order valence-corrected chi connectivity index (χ2v) is 14.1. The summed E-state index contributed by atoms with van der Waals surface area (Å²) in [4.78, 5) is 50.6. The van der Waals surface area contributed by atoms with Gasteiger partial charge in [0, 0.05) is 25.8 Å². The van der Waals surface area contributed by atoms with Crippen LogP contribution in [0.3, 0.4) is 0 Å². The molecule has 3 saturated carbocycles. The van der Waals surface area contributed by atoms with Crippen LogP contribution >= 0.6 is 0 Å². The third kappa shape index (κ3) is 3.56. The molecule has 6 rings (SSSR count). The van der Waals surface area contributed by atoms with Gasteiger partial charge in [-0.1, -0.05) is 5.57 Å². The van der Waals surface area contributed by atoms with Crippen LogP contribution in [-0.4, -0.2) is 86.3 Å². The first-order valence-corrected chi connectivity index (χ1v) is 15.2. The lowest BCUT2D eigenvalue weighted by Gasteiger charge is -2.64. The van der Waals surface area contributed by atoms with Gasteiger partial charge in [0.1, 0.15) is 29.5 Å². The van der Waals surface area contributed by atoms with Crippen LogP contribution in [0.15, 0.2) is 23.3 Å². The van der Waals surface area contributed by atoms with Crippen molar-refractivity contribution in [2.24, 2.45) is 22.7 Å². The monoisotopic (exact) mass is 602 g/mol. The molecule has 236 valence electrons. The first kappa shape index (κ1) is 30.4. The van der Waals surface area contributed by atoms with E-state index < -0.39 is 81.3 Å². The number of fused-ring (bicyclic) bond motifs is 4. The Balaban J connectivity index is 1.43. The molecule has 1 unspecified atom stereocenters. The van der Waals surface area contributed by atoms with Crippen molar-refractivity contribution in [1.29, 1.82) is 0 Å². The summed E-state index contributed by atoms with van der Waals surface area (Å²) in [5.74, 6) is -2.88. The van der Waals surface area contributed by atoms with Crippen molar-refractivity contribution in [3.8, 4) is 0 Å². The minimum Gasteiger partial charge on any atom is -0.465 e. The molecule has 0 amide bonds. The average molecular weight is 603 g/mol. The zero-order chi connectivity index (χ0) is 31.5. The summed E-state index contributed by atoms with van der Waals surface area (Å²) >= 11 is 0. The molecule has 11 atom stereocenters. The Bertz CT molecular complexity index is 1360. The number of hydrogen-bond donors (Lipinski definition) is 3. The molecule has 43 heavy (non-hydrogen) atoms. The molecule has 0 aromatic heterocycles. The fourth-order valence-electron chi connectivity index (χ4n) is 10.0. The summed E-state index contributed by atoms with van der Waals surface area (Å²) in [5, 5.41) is 37.8. The largest absolute Gasteiger partial charge is 0.465 e. The van der Waals surface area contributed by atoms with Gasteiger partial charge in [-0.3, -0.25) is 14.4 Å². The molecule has 6 aliphatic rings. The molecule has 1 spiro atoms. The van der Waals surface area contributed by atoms with Crippen LogP contribution in [0.5, 0.6) is 0 Å². The van der Waals surface area contributed by atoms with Crippen LogP contribution in [-0.2, 0) is 38.1 Å². The van der Waals surface area contributed by atoms with Crippen molar-refractivity contribution in [3.63, 3.8) is 0 Å². The highest BCUT2D eigenvalue weighted by atomic mass is 16.7. The van der Waals surface area contributed by atoms with Gasteiger partial charge in [-0.2, -0.15) is 0 Å². The number of carbonyl (C=O) groups excluding carboxylic acids is 4. The maximum absolute atomic E-state index is 13.7. The molecule has 0 aromatic rings. The number of epoxide rings is 1. The number of rotatable bonds is 5. The summed E-state index contributed by atoms with van der Waals surface area (Å²) < 4.78 is 23.1. The summed E-state index contributed by atoms with van der Waals surface area (Å²) in [6.07, 6.45) is 1.54. The van der Waals surface area contributed by atoms with Gasteiger partial charge in [-0.25, -0.2) is 4.79 Å². The third-order valence-corrected chi connectivity index (χ3v) is 12.6. The molecule has 4 aliphatic carbocycles. The van der Waals surface area contributed by atoms with E-state index in [1.807, 2.05) is 6.92 Å². The Morgan fingerprint density at radius 2 is 1.79 bits per heavy atom. The fraction of sp³-hybridized carbons (Fsp3) is 0.750. The number of aliphatic hydroxyl groups is 3. The zero-order valence-electron chi connectivity index (χ0n) is 25.6. The van der Waals surface area contributed by atoms with E-state index in [-0.39, 0.29) is 38.1 Å². The van der Waals surface area contributed by atoms with Crippen molar-refractivity contribution in [3.05, 3.63) is 23.3 Å². The highest BCUT2D eigenvalue weighted by Crippen LogP contribution is 2.75. The molecule has 4 fully saturated rings. The van der Waals surface area contributed by atoms with Gasteiger partial charge in [0.2, 0.25) is 0 Å². The van der Waals surface area contributed by atoms with Gasteiger partial charge in [0.15, 0.2) is 11.9 Å². The summed E-state index contributed by atoms with van der Waals surface area (Å²) in [7, 11) is 0. The summed E-state index contributed by atoms with van der Waals surface area (Å²) in [5.41, 5.74) is -8.35. The summed E-state index contributed by atoms with van der Waals surface area (Å²) in [6.45, 7) is 8.82. The van der Waals surface area contributed by atoms with E-state index in [9.17, 15) is 34.5 Å². The lowest BCUT2D eigenvalue weighted by molar-refractivity contribution is -0.297. The molecule has 0 radical (unpaired) electrons. The minimum atomic E-state index is -2.04. The molecular weight excluding hydrogens is 560 g/mol. The number of cyclic esters (lactones) is 1. The number of ketones is 1. The van der Waals surface area contributed by atoms with Crippen molar-refractivity contribution >= 4 is 23.7 Å². The van der Waals surface area contributed by atoms with Gasteiger partial charge in [0.05, 0.1) is 22.5 Å². The Morgan fingerprint density at radius 1 is 1.09 bits per heavy atom. The number of allylic oxidation sites excluding steroid dienone is 1. The third-order valence-electron chi connectivity index (χ3n) is 12.6. The average Bonchev–Trinajstić information content (AvgIpc) is 3.61. The van der Waals surface area contributed by atoms with E-state index in [1.54, 1.807) is 19.9 Å². The normalized spacial score (nSPS) is 47.8. The van der Waals surface area contributed by atoms with Crippen molar-refractivity contribution < 1.29 is 53.4 Å². The Morgan fingerprint density at radius 3 is 2.42 bits per heavy atom.